The Balaban J connectivity index is 0.00000256. The first kappa shape index (κ1) is 21.8. The summed E-state index contributed by atoms with van der Waals surface area (Å²) in [5, 5.41) is 7.73. The number of para-hydroxylation sites is 1. The number of hydrogen-bond acceptors (Lipinski definition) is 4. The van der Waals surface area contributed by atoms with Gasteiger partial charge in [0.2, 0.25) is 5.89 Å². The van der Waals surface area contributed by atoms with Gasteiger partial charge in [-0.1, -0.05) is 42.0 Å². The minimum Gasteiger partial charge on any atom is -0.444 e. The van der Waals surface area contributed by atoms with Gasteiger partial charge in [-0.15, -0.1) is 24.0 Å². The maximum atomic E-state index is 5.61. The number of halogens is 1. The van der Waals surface area contributed by atoms with Gasteiger partial charge in [0.1, 0.15) is 6.26 Å². The topological polar surface area (TPSA) is 75.3 Å². The molecule has 4 aromatic rings. The van der Waals surface area contributed by atoms with Crippen LogP contribution in [-0.2, 0) is 13.1 Å². The van der Waals surface area contributed by atoms with Gasteiger partial charge in [0, 0.05) is 30.7 Å². The Labute approximate surface area is 192 Å². The van der Waals surface area contributed by atoms with Crippen LogP contribution in [0, 0.1) is 6.92 Å². The molecule has 2 aromatic heterocycles. The summed E-state index contributed by atoms with van der Waals surface area (Å²) in [6, 6.07) is 18.3. The van der Waals surface area contributed by atoms with Crippen LogP contribution in [0.5, 0.6) is 0 Å². The third-order valence-electron chi connectivity index (χ3n) is 4.67. The van der Waals surface area contributed by atoms with Crippen molar-refractivity contribution >= 4 is 40.8 Å². The van der Waals surface area contributed by atoms with Crippen molar-refractivity contribution in [2.75, 3.05) is 7.05 Å². The molecule has 0 unspecified atom stereocenters. The van der Waals surface area contributed by atoms with E-state index in [2.05, 4.69) is 50.7 Å². The molecule has 0 fully saturated rings. The fourth-order valence-corrected chi connectivity index (χ4v) is 3.10. The molecule has 0 spiro atoms. The van der Waals surface area contributed by atoms with Crippen molar-refractivity contribution in [1.82, 2.24) is 20.6 Å². The van der Waals surface area contributed by atoms with Gasteiger partial charge in [0.25, 0.3) is 0 Å². The Bertz CT molecular complexity index is 1130. The van der Waals surface area contributed by atoms with Crippen molar-refractivity contribution in [2.24, 2.45) is 4.99 Å². The zero-order chi connectivity index (χ0) is 20.1. The lowest BCUT2D eigenvalue weighted by Crippen LogP contribution is -2.36. The molecule has 0 aliphatic rings. The van der Waals surface area contributed by atoms with E-state index < -0.39 is 0 Å². The van der Waals surface area contributed by atoms with Crippen LogP contribution in [0.15, 0.2) is 76.5 Å². The normalized spacial score (nSPS) is 11.2. The number of oxazole rings is 1. The van der Waals surface area contributed by atoms with Crippen molar-refractivity contribution in [3.8, 4) is 11.5 Å². The van der Waals surface area contributed by atoms with E-state index in [0.717, 1.165) is 27.7 Å². The van der Waals surface area contributed by atoms with Crippen LogP contribution >= 0.6 is 24.0 Å². The zero-order valence-corrected chi connectivity index (χ0v) is 19.3. The number of aromatic nitrogens is 2. The van der Waals surface area contributed by atoms with Crippen LogP contribution in [0.25, 0.3) is 22.4 Å². The Hall–Kier alpha value is -2.94. The molecule has 0 radical (unpaired) electrons. The van der Waals surface area contributed by atoms with Gasteiger partial charge >= 0.3 is 0 Å². The van der Waals surface area contributed by atoms with Crippen LogP contribution in [-0.4, -0.2) is 23.0 Å². The molecule has 0 bridgehead atoms. The quantitative estimate of drug-likeness (QED) is 0.230. The summed E-state index contributed by atoms with van der Waals surface area (Å²) in [7, 11) is 1.75. The second kappa shape index (κ2) is 10.2. The van der Waals surface area contributed by atoms with Gasteiger partial charge in [-0.05, 0) is 30.7 Å². The predicted molar refractivity (Wildman–Crippen MR) is 131 cm³/mol. The van der Waals surface area contributed by atoms with Crippen molar-refractivity contribution < 1.29 is 4.42 Å². The second-order valence-electron chi connectivity index (χ2n) is 6.78. The number of pyridine rings is 1. The SMILES string of the molecule is CN=C(NCc1coc(-c2ccc(C)cc2)n1)NCc1cccc2cccnc12.I. The molecular formula is C23H24IN5O. The molecule has 0 atom stereocenters. The lowest BCUT2D eigenvalue weighted by Gasteiger charge is -2.12. The number of benzene rings is 2. The van der Waals surface area contributed by atoms with Crippen LogP contribution in [0.1, 0.15) is 16.8 Å². The van der Waals surface area contributed by atoms with E-state index in [1.807, 2.05) is 42.6 Å². The number of aliphatic imine (C=N–C) groups is 1. The average Bonchev–Trinajstić information content (AvgIpc) is 3.23. The number of rotatable bonds is 5. The Morgan fingerprint density at radius 2 is 1.77 bits per heavy atom. The summed E-state index contributed by atoms with van der Waals surface area (Å²) in [4.78, 5) is 13.3. The fourth-order valence-electron chi connectivity index (χ4n) is 3.10. The Morgan fingerprint density at radius 1 is 1.00 bits per heavy atom. The molecule has 2 heterocycles. The van der Waals surface area contributed by atoms with E-state index in [1.165, 1.54) is 5.56 Å². The summed E-state index contributed by atoms with van der Waals surface area (Å²) in [5.74, 6) is 1.31. The van der Waals surface area contributed by atoms with Crippen LogP contribution in [0.4, 0.5) is 0 Å². The highest BCUT2D eigenvalue weighted by Crippen LogP contribution is 2.19. The molecule has 30 heavy (non-hydrogen) atoms. The minimum absolute atomic E-state index is 0. The third kappa shape index (κ3) is 5.15. The van der Waals surface area contributed by atoms with Crippen LogP contribution in [0.2, 0.25) is 0 Å². The molecule has 0 saturated carbocycles. The maximum Gasteiger partial charge on any atom is 0.226 e. The summed E-state index contributed by atoms with van der Waals surface area (Å²) in [6.45, 7) is 3.20. The van der Waals surface area contributed by atoms with Crippen molar-refractivity contribution in [3.63, 3.8) is 0 Å². The zero-order valence-electron chi connectivity index (χ0n) is 16.9. The molecule has 2 N–H and O–H groups in total. The molecule has 0 saturated heterocycles. The molecule has 154 valence electrons. The molecule has 0 aliphatic carbocycles. The lowest BCUT2D eigenvalue weighted by atomic mass is 10.1. The predicted octanol–water partition coefficient (Wildman–Crippen LogP) is 4.68. The van der Waals surface area contributed by atoms with Gasteiger partial charge in [-0.25, -0.2) is 4.98 Å². The molecule has 6 nitrogen and oxygen atoms in total. The van der Waals surface area contributed by atoms with E-state index in [0.29, 0.717) is 24.9 Å². The Kier molecular flexibility index (Phi) is 7.40. The maximum absolute atomic E-state index is 5.61. The molecule has 0 amide bonds. The molecule has 4 rings (SSSR count). The standard InChI is InChI=1S/C23H23N5O.HI/c1-16-8-10-18(11-9-16)22-28-20(15-29-22)14-27-23(24-2)26-13-19-6-3-5-17-7-4-12-25-21(17)19;/h3-12,15H,13-14H2,1-2H3,(H2,24,26,27);1H. The first-order valence-corrected chi connectivity index (χ1v) is 9.51. The van der Waals surface area contributed by atoms with E-state index in [4.69, 9.17) is 4.42 Å². The second-order valence-corrected chi connectivity index (χ2v) is 6.78. The number of nitrogens with one attached hydrogen (secondary N) is 2. The third-order valence-corrected chi connectivity index (χ3v) is 4.67. The van der Waals surface area contributed by atoms with Crippen molar-refractivity contribution in [1.29, 1.82) is 0 Å². The number of aryl methyl sites for hydroxylation is 1. The van der Waals surface area contributed by atoms with Crippen molar-refractivity contribution in [2.45, 2.75) is 20.0 Å². The van der Waals surface area contributed by atoms with Gasteiger partial charge in [-0.3, -0.25) is 9.98 Å². The van der Waals surface area contributed by atoms with E-state index >= 15 is 0 Å². The van der Waals surface area contributed by atoms with E-state index in [9.17, 15) is 0 Å². The number of nitrogens with zero attached hydrogens (tertiary/aromatic N) is 3. The molecular weight excluding hydrogens is 489 g/mol. The molecule has 0 aliphatic heterocycles. The summed E-state index contributed by atoms with van der Waals surface area (Å²) < 4.78 is 5.61. The highest BCUT2D eigenvalue weighted by molar-refractivity contribution is 14.0. The summed E-state index contributed by atoms with van der Waals surface area (Å²) in [6.07, 6.45) is 3.49. The van der Waals surface area contributed by atoms with Crippen LogP contribution < -0.4 is 10.6 Å². The highest BCUT2D eigenvalue weighted by Gasteiger charge is 2.08. The smallest absolute Gasteiger partial charge is 0.226 e. The monoisotopic (exact) mass is 513 g/mol. The van der Waals surface area contributed by atoms with Crippen LogP contribution in [0.3, 0.4) is 0 Å². The summed E-state index contributed by atoms with van der Waals surface area (Å²) >= 11 is 0. The first-order chi connectivity index (χ1) is 14.2. The summed E-state index contributed by atoms with van der Waals surface area (Å²) in [5.41, 5.74) is 5.10. The van der Waals surface area contributed by atoms with E-state index in [-0.39, 0.29) is 24.0 Å². The number of hydrogen-bond donors (Lipinski definition) is 2. The largest absolute Gasteiger partial charge is 0.444 e. The first-order valence-electron chi connectivity index (χ1n) is 9.51. The number of guanidine groups is 1. The number of fused-ring (bicyclic) bond motifs is 1. The highest BCUT2D eigenvalue weighted by atomic mass is 127. The van der Waals surface area contributed by atoms with Gasteiger partial charge in [-0.2, -0.15) is 0 Å². The Morgan fingerprint density at radius 3 is 2.57 bits per heavy atom. The van der Waals surface area contributed by atoms with Gasteiger partial charge < -0.3 is 15.1 Å². The average molecular weight is 513 g/mol. The van der Waals surface area contributed by atoms with Crippen molar-refractivity contribution in [3.05, 3.63) is 83.9 Å². The van der Waals surface area contributed by atoms with Gasteiger partial charge in [0.05, 0.1) is 17.8 Å². The fraction of sp³-hybridized carbons (Fsp3) is 0.174. The van der Waals surface area contributed by atoms with Gasteiger partial charge in [0.15, 0.2) is 5.96 Å². The molecule has 2 aromatic carbocycles. The lowest BCUT2D eigenvalue weighted by molar-refractivity contribution is 0.572. The molecule has 7 heteroatoms. The minimum atomic E-state index is 0. The van der Waals surface area contributed by atoms with E-state index in [1.54, 1.807) is 13.3 Å².